The summed E-state index contributed by atoms with van der Waals surface area (Å²) in [6.07, 6.45) is 7.72. The molecule has 1 saturated carbocycles. The quantitative estimate of drug-likeness (QED) is 0.108. The van der Waals surface area contributed by atoms with Gasteiger partial charge >= 0.3 is 0 Å². The lowest BCUT2D eigenvalue weighted by molar-refractivity contribution is -0.132. The fourth-order valence-corrected chi connectivity index (χ4v) is 5.60. The first-order chi connectivity index (χ1) is 20.8. The number of nitrogens with two attached hydrogens (primary N) is 2. The summed E-state index contributed by atoms with van der Waals surface area (Å²) in [4.78, 5) is 31.7. The Labute approximate surface area is 264 Å². The Bertz CT molecular complexity index is 1290. The van der Waals surface area contributed by atoms with E-state index in [2.05, 4.69) is 54.8 Å². The number of aliphatic imine (C=N–C) groups is 1. The molecule has 5 atom stereocenters. The van der Waals surface area contributed by atoms with Crippen molar-refractivity contribution in [3.05, 3.63) is 71.0 Å². The van der Waals surface area contributed by atoms with Crippen LogP contribution in [-0.2, 0) is 11.2 Å². The van der Waals surface area contributed by atoms with Crippen molar-refractivity contribution in [1.82, 2.24) is 15.5 Å². The minimum absolute atomic E-state index is 0.0635. The third-order valence-corrected chi connectivity index (χ3v) is 8.39. The van der Waals surface area contributed by atoms with E-state index in [9.17, 15) is 14.9 Å². The van der Waals surface area contributed by atoms with Crippen molar-refractivity contribution >= 4 is 17.6 Å². The Hall–Kier alpha value is -3.90. The van der Waals surface area contributed by atoms with Crippen molar-refractivity contribution in [2.75, 3.05) is 20.6 Å². The zero-order valence-corrected chi connectivity index (χ0v) is 27.6. The maximum absolute atomic E-state index is 13.1. The number of carbonyl (C=O) groups is 2. The average Bonchev–Trinajstić information content (AvgIpc) is 3.71. The van der Waals surface area contributed by atoms with Crippen LogP contribution in [0.3, 0.4) is 0 Å². The number of amidine groups is 1. The Morgan fingerprint density at radius 3 is 2.50 bits per heavy atom. The molecular formula is C35H53N7O2. The van der Waals surface area contributed by atoms with E-state index in [1.54, 1.807) is 25.9 Å². The number of benzene rings is 1. The Morgan fingerprint density at radius 1 is 1.25 bits per heavy atom. The summed E-state index contributed by atoms with van der Waals surface area (Å²) >= 11 is 0. The van der Waals surface area contributed by atoms with Gasteiger partial charge in [-0.25, -0.2) is 0 Å². The van der Waals surface area contributed by atoms with Gasteiger partial charge in [0.25, 0.3) is 5.91 Å². The molecule has 2 rings (SSSR count). The highest BCUT2D eigenvalue weighted by atomic mass is 16.2. The van der Waals surface area contributed by atoms with Gasteiger partial charge in [0.15, 0.2) is 0 Å². The van der Waals surface area contributed by atoms with Crippen molar-refractivity contribution in [1.29, 1.82) is 5.26 Å². The molecule has 0 saturated heterocycles. The monoisotopic (exact) mass is 603 g/mol. The Morgan fingerprint density at radius 2 is 1.93 bits per heavy atom. The predicted octanol–water partition coefficient (Wildman–Crippen LogP) is 4.71. The fourth-order valence-electron chi connectivity index (χ4n) is 5.60. The summed E-state index contributed by atoms with van der Waals surface area (Å²) in [6.45, 7) is 16.0. The third-order valence-electron chi connectivity index (χ3n) is 8.39. The van der Waals surface area contributed by atoms with Crippen LogP contribution in [0, 0.1) is 17.2 Å². The summed E-state index contributed by atoms with van der Waals surface area (Å²) in [7, 11) is 3.30. The van der Waals surface area contributed by atoms with E-state index in [0.29, 0.717) is 35.9 Å². The predicted molar refractivity (Wildman–Crippen MR) is 180 cm³/mol. The smallest absolute Gasteiger partial charge is 0.251 e. The summed E-state index contributed by atoms with van der Waals surface area (Å²) in [5, 5.41) is 15.5. The Balaban J connectivity index is 2.21. The van der Waals surface area contributed by atoms with Gasteiger partial charge in [-0.15, -0.1) is 0 Å². The van der Waals surface area contributed by atoms with Crippen LogP contribution >= 0.6 is 0 Å². The molecular weight excluding hydrogens is 550 g/mol. The van der Waals surface area contributed by atoms with Crippen LogP contribution in [0.5, 0.6) is 0 Å². The SMILES string of the molecule is C=C(N)CC(=C)CC/C(C)=C/CCc1cc(C(=O)NC)ccc1C(C[C@@H](C)NCC(=O)N(C(C)C#N)C1CC1C)C(N)=NC. The summed E-state index contributed by atoms with van der Waals surface area (Å²) in [5.74, 6) is 0.498. The molecule has 2 amide bonds. The molecule has 0 radical (unpaired) electrons. The largest absolute Gasteiger partial charge is 0.402 e. The molecule has 0 spiro atoms. The molecule has 1 aliphatic carbocycles. The third kappa shape index (κ3) is 11.0. The number of aryl methyl sites for hydroxylation is 1. The molecule has 9 nitrogen and oxygen atoms in total. The van der Waals surface area contributed by atoms with E-state index in [4.69, 9.17) is 11.5 Å². The van der Waals surface area contributed by atoms with Crippen molar-refractivity contribution in [2.45, 2.75) is 96.7 Å². The number of amides is 2. The van der Waals surface area contributed by atoms with Crippen LogP contribution in [0.2, 0.25) is 0 Å². The molecule has 44 heavy (non-hydrogen) atoms. The molecule has 1 aromatic carbocycles. The lowest BCUT2D eigenvalue weighted by Gasteiger charge is -2.28. The molecule has 0 aromatic heterocycles. The van der Waals surface area contributed by atoms with Gasteiger partial charge in [-0.1, -0.05) is 43.4 Å². The minimum Gasteiger partial charge on any atom is -0.402 e. The van der Waals surface area contributed by atoms with Crippen molar-refractivity contribution in [3.8, 4) is 6.07 Å². The minimum atomic E-state index is -0.464. The van der Waals surface area contributed by atoms with Gasteiger partial charge in [0.1, 0.15) is 11.9 Å². The number of rotatable bonds is 18. The molecule has 0 heterocycles. The van der Waals surface area contributed by atoms with E-state index in [-0.39, 0.29) is 36.4 Å². The number of hydrogen-bond donors (Lipinski definition) is 4. The van der Waals surface area contributed by atoms with Crippen LogP contribution in [-0.4, -0.2) is 61.3 Å². The second kappa shape index (κ2) is 17.4. The summed E-state index contributed by atoms with van der Waals surface area (Å²) in [6, 6.07) is 7.57. The molecule has 240 valence electrons. The van der Waals surface area contributed by atoms with Crippen molar-refractivity contribution < 1.29 is 9.59 Å². The van der Waals surface area contributed by atoms with Gasteiger partial charge in [0, 0.05) is 49.8 Å². The second-order valence-electron chi connectivity index (χ2n) is 12.3. The first kappa shape index (κ1) is 36.3. The van der Waals surface area contributed by atoms with Gasteiger partial charge in [-0.3, -0.25) is 14.6 Å². The highest BCUT2D eigenvalue weighted by Crippen LogP contribution is 2.36. The van der Waals surface area contributed by atoms with Gasteiger partial charge < -0.3 is 27.0 Å². The zero-order chi connectivity index (χ0) is 33.0. The molecule has 6 N–H and O–H groups in total. The number of nitrogens with zero attached hydrogens (tertiary/aromatic N) is 3. The maximum Gasteiger partial charge on any atom is 0.251 e. The molecule has 4 unspecified atom stereocenters. The maximum atomic E-state index is 13.1. The van der Waals surface area contributed by atoms with Crippen molar-refractivity contribution in [2.24, 2.45) is 22.4 Å². The molecule has 1 aliphatic rings. The highest BCUT2D eigenvalue weighted by molar-refractivity contribution is 5.95. The van der Waals surface area contributed by atoms with Crippen LogP contribution in [0.25, 0.3) is 0 Å². The number of allylic oxidation sites excluding steroid dienone is 3. The molecule has 1 aromatic rings. The lowest BCUT2D eigenvalue weighted by atomic mass is 9.85. The summed E-state index contributed by atoms with van der Waals surface area (Å²) in [5.41, 5.74) is 17.8. The molecule has 0 aliphatic heterocycles. The topological polar surface area (TPSA) is 150 Å². The molecule has 0 bridgehead atoms. The highest BCUT2D eigenvalue weighted by Gasteiger charge is 2.42. The van der Waals surface area contributed by atoms with E-state index in [1.807, 2.05) is 25.1 Å². The number of hydrogen-bond acceptors (Lipinski definition) is 6. The van der Waals surface area contributed by atoms with Crippen LogP contribution in [0.4, 0.5) is 0 Å². The Kier molecular flexibility index (Phi) is 14.4. The molecule has 1 fully saturated rings. The van der Waals surface area contributed by atoms with E-state index in [0.717, 1.165) is 48.8 Å². The van der Waals surface area contributed by atoms with Crippen LogP contribution < -0.4 is 22.1 Å². The zero-order valence-electron chi connectivity index (χ0n) is 27.6. The average molecular weight is 604 g/mol. The van der Waals surface area contributed by atoms with E-state index in [1.165, 1.54) is 5.57 Å². The van der Waals surface area contributed by atoms with E-state index >= 15 is 0 Å². The molecule has 9 heteroatoms. The first-order valence-corrected chi connectivity index (χ1v) is 15.6. The first-order valence-electron chi connectivity index (χ1n) is 15.6. The summed E-state index contributed by atoms with van der Waals surface area (Å²) < 4.78 is 0. The van der Waals surface area contributed by atoms with Crippen molar-refractivity contribution in [3.63, 3.8) is 0 Å². The normalized spacial score (nSPS) is 18.5. The standard InChI is InChI=1S/C35H53N7O2/c1-22(12-13-23(2)16-25(4)37)10-9-11-28-19-29(35(44)40-8)14-15-30(28)31(34(38)39-7)18-26(5)41-21-33(43)42(27(6)20-36)32-17-24(32)3/h10,14-15,19,24,26-27,31-32,41H,2,4,9,11-13,16-18,21,37H2,1,3,5-8H3,(H2,38,39)(H,40,44)/b22-10+/t24?,26-,27?,31?,32?/m1/s1. The van der Waals surface area contributed by atoms with E-state index < -0.39 is 6.04 Å². The fraction of sp³-hybridized carbons (Fsp3) is 0.543. The van der Waals surface area contributed by atoms with Gasteiger partial charge in [0.05, 0.1) is 12.6 Å². The number of nitrogens with one attached hydrogen (secondary N) is 2. The lowest BCUT2D eigenvalue weighted by Crippen LogP contribution is -2.46. The number of carbonyl (C=O) groups excluding carboxylic acids is 2. The van der Waals surface area contributed by atoms with Crippen LogP contribution in [0.1, 0.15) is 93.6 Å². The van der Waals surface area contributed by atoms with Gasteiger partial charge in [0.2, 0.25) is 5.91 Å². The number of nitriles is 1. The van der Waals surface area contributed by atoms with Gasteiger partial charge in [-0.2, -0.15) is 5.26 Å². The van der Waals surface area contributed by atoms with Gasteiger partial charge in [-0.05, 0) is 88.5 Å². The van der Waals surface area contributed by atoms with Crippen LogP contribution in [0.15, 0.2) is 59.3 Å². The second-order valence-corrected chi connectivity index (χ2v) is 12.3.